The van der Waals surface area contributed by atoms with Gasteiger partial charge in [0, 0.05) is 18.6 Å². The molecule has 0 atom stereocenters. The number of esters is 1. The smallest absolute Gasteiger partial charge is 0.351 e. The predicted molar refractivity (Wildman–Crippen MR) is 145 cm³/mol. The molecule has 3 heterocycles. The summed E-state index contributed by atoms with van der Waals surface area (Å²) in [6.07, 6.45) is 4.60. The summed E-state index contributed by atoms with van der Waals surface area (Å²) in [6.45, 7) is 15.2. The first-order valence-electron chi connectivity index (χ1n) is 11.8. The molecular weight excluding hydrogens is 513 g/mol. The molecule has 0 aliphatic rings. The first-order valence-corrected chi connectivity index (χ1v) is 13.7. The lowest BCUT2D eigenvalue weighted by Crippen LogP contribution is -2.26. The van der Waals surface area contributed by atoms with E-state index in [-0.39, 0.29) is 12.8 Å². The van der Waals surface area contributed by atoms with Crippen molar-refractivity contribution in [3.05, 3.63) is 47.7 Å². The van der Waals surface area contributed by atoms with E-state index in [1.807, 2.05) is 47.6 Å². The molecule has 10 nitrogen and oxygen atoms in total. The van der Waals surface area contributed by atoms with E-state index >= 15 is 0 Å². The maximum Gasteiger partial charge on any atom is 0.351 e. The highest BCUT2D eigenvalue weighted by Crippen LogP contribution is 2.48. The number of rotatable bonds is 10. The van der Waals surface area contributed by atoms with Crippen molar-refractivity contribution in [3.63, 3.8) is 0 Å². The van der Waals surface area contributed by atoms with E-state index < -0.39 is 25.8 Å². The molecular formula is C25H34N5O5PS. The van der Waals surface area contributed by atoms with Gasteiger partial charge in [-0.15, -0.1) is 0 Å². The van der Waals surface area contributed by atoms with E-state index in [1.165, 1.54) is 0 Å². The minimum Gasteiger partial charge on any atom is -0.459 e. The van der Waals surface area contributed by atoms with E-state index in [0.29, 0.717) is 27.3 Å². The van der Waals surface area contributed by atoms with Crippen LogP contribution in [0.15, 0.2) is 42.9 Å². The molecule has 0 aliphatic carbocycles. The SMILES string of the molecule is CC(C)OC(=O)c1sc(N(COP(OC(C)(C)C)OC(C)(C)C)c2ncccn2)nc1-c1ccccn1. The van der Waals surface area contributed by atoms with Gasteiger partial charge in [0.05, 0.1) is 23.0 Å². The summed E-state index contributed by atoms with van der Waals surface area (Å²) in [7, 11) is -1.74. The molecule has 0 aliphatic heterocycles. The molecule has 3 rings (SSSR count). The second-order valence-corrected chi connectivity index (χ2v) is 12.3. The van der Waals surface area contributed by atoms with Crippen LogP contribution in [0.25, 0.3) is 11.4 Å². The molecule has 12 heteroatoms. The minimum absolute atomic E-state index is 0.0320. The highest BCUT2D eigenvalue weighted by molar-refractivity contribution is 7.41. The third-order valence-electron chi connectivity index (χ3n) is 4.07. The number of hydrogen-bond acceptors (Lipinski definition) is 11. The molecule has 0 saturated carbocycles. The monoisotopic (exact) mass is 547 g/mol. The molecule has 0 spiro atoms. The molecule has 3 aromatic rings. The van der Waals surface area contributed by atoms with Crippen molar-refractivity contribution in [2.45, 2.75) is 72.7 Å². The lowest BCUT2D eigenvalue weighted by Gasteiger charge is -2.31. The number of nitrogens with zero attached hydrogens (tertiary/aromatic N) is 5. The summed E-state index contributed by atoms with van der Waals surface area (Å²) < 4.78 is 23.8. The van der Waals surface area contributed by atoms with Crippen molar-refractivity contribution in [2.75, 3.05) is 11.6 Å². The summed E-state index contributed by atoms with van der Waals surface area (Å²) >= 11 is 1.15. The average Bonchev–Trinajstić information content (AvgIpc) is 3.23. The zero-order valence-corrected chi connectivity index (χ0v) is 24.2. The Hall–Kier alpha value is -2.56. The van der Waals surface area contributed by atoms with Crippen molar-refractivity contribution < 1.29 is 23.1 Å². The van der Waals surface area contributed by atoms with Crippen LogP contribution in [0, 0.1) is 0 Å². The van der Waals surface area contributed by atoms with Crippen molar-refractivity contribution in [2.24, 2.45) is 0 Å². The maximum absolute atomic E-state index is 13.0. The fourth-order valence-electron chi connectivity index (χ4n) is 2.76. The summed E-state index contributed by atoms with van der Waals surface area (Å²) in [6, 6.07) is 7.14. The van der Waals surface area contributed by atoms with Crippen LogP contribution >= 0.6 is 19.9 Å². The van der Waals surface area contributed by atoms with Gasteiger partial charge in [0.25, 0.3) is 0 Å². The second kappa shape index (κ2) is 12.3. The summed E-state index contributed by atoms with van der Waals surface area (Å²) in [5.41, 5.74) is -0.0330. The Morgan fingerprint density at radius 3 is 2.14 bits per heavy atom. The van der Waals surface area contributed by atoms with Crippen molar-refractivity contribution in [3.8, 4) is 11.4 Å². The van der Waals surface area contributed by atoms with Crippen LogP contribution in [0.2, 0.25) is 0 Å². The van der Waals surface area contributed by atoms with Gasteiger partial charge >= 0.3 is 14.6 Å². The number of ether oxygens (including phenoxy) is 1. The maximum atomic E-state index is 13.0. The van der Waals surface area contributed by atoms with Gasteiger partial charge in [0.2, 0.25) is 5.95 Å². The number of anilines is 2. The van der Waals surface area contributed by atoms with Gasteiger partial charge in [-0.1, -0.05) is 17.4 Å². The quantitative estimate of drug-likeness (QED) is 0.158. The van der Waals surface area contributed by atoms with E-state index in [0.717, 1.165) is 11.3 Å². The van der Waals surface area contributed by atoms with E-state index in [1.54, 1.807) is 55.5 Å². The molecule has 0 aromatic carbocycles. The number of pyridine rings is 1. The fourth-order valence-corrected chi connectivity index (χ4v) is 4.95. The standard InChI is InChI=1S/C25H34N5O5PS/c1-17(2)33-21(31)20-19(18-12-9-10-13-26-18)29-23(37-20)30(22-27-14-11-15-28-22)16-32-36(34-24(3,4)5)35-25(6,7)8/h9-15,17H,16H2,1-8H3. The van der Waals surface area contributed by atoms with Crippen LogP contribution in [-0.2, 0) is 18.3 Å². The topological polar surface area (TPSA) is 109 Å². The molecule has 0 unspecified atom stereocenters. The third kappa shape index (κ3) is 9.05. The van der Waals surface area contributed by atoms with Crippen LogP contribution in [0.4, 0.5) is 11.1 Å². The normalized spacial score (nSPS) is 12.3. The summed E-state index contributed by atoms with van der Waals surface area (Å²) in [4.78, 5) is 32.9. The Morgan fingerprint density at radius 1 is 0.973 bits per heavy atom. The molecule has 0 fully saturated rings. The van der Waals surface area contributed by atoms with Gasteiger partial charge in [-0.3, -0.25) is 14.4 Å². The lowest BCUT2D eigenvalue weighted by atomic mass is 10.2. The lowest BCUT2D eigenvalue weighted by molar-refractivity contribution is 0.0334. The van der Waals surface area contributed by atoms with Gasteiger partial charge in [0.1, 0.15) is 17.3 Å². The van der Waals surface area contributed by atoms with Crippen LogP contribution in [-0.4, -0.2) is 49.9 Å². The van der Waals surface area contributed by atoms with Gasteiger partial charge in [-0.05, 0) is 73.6 Å². The number of carbonyl (C=O) groups is 1. The van der Waals surface area contributed by atoms with Crippen LogP contribution in [0.1, 0.15) is 65.1 Å². The fraction of sp³-hybridized carbons (Fsp3) is 0.480. The molecule has 0 radical (unpaired) electrons. The summed E-state index contributed by atoms with van der Waals surface area (Å²) in [5, 5.41) is 0.434. The zero-order chi connectivity index (χ0) is 27.2. The first kappa shape index (κ1) is 29.0. The van der Waals surface area contributed by atoms with Gasteiger partial charge in [-0.2, -0.15) is 0 Å². The number of thiazole rings is 1. The van der Waals surface area contributed by atoms with Gasteiger partial charge in [0.15, 0.2) is 5.13 Å². The van der Waals surface area contributed by atoms with E-state index in [4.69, 9.17) is 23.3 Å². The molecule has 0 saturated heterocycles. The Labute approximate surface area is 223 Å². The Bertz CT molecular complexity index is 1130. The number of hydrogen-bond donors (Lipinski definition) is 0. The van der Waals surface area contributed by atoms with E-state index in [2.05, 4.69) is 15.0 Å². The third-order valence-corrected chi connectivity index (χ3v) is 6.84. The van der Waals surface area contributed by atoms with Crippen molar-refractivity contribution >= 4 is 37.0 Å². The Kier molecular flexibility index (Phi) is 9.66. The van der Waals surface area contributed by atoms with Crippen LogP contribution in [0.5, 0.6) is 0 Å². The number of aromatic nitrogens is 4. The second-order valence-electron chi connectivity index (χ2n) is 10.2. The van der Waals surface area contributed by atoms with Gasteiger partial charge < -0.3 is 13.8 Å². The van der Waals surface area contributed by atoms with E-state index in [9.17, 15) is 4.79 Å². The Balaban J connectivity index is 2.01. The van der Waals surface area contributed by atoms with Crippen LogP contribution < -0.4 is 4.90 Å². The Morgan fingerprint density at radius 2 is 1.59 bits per heavy atom. The van der Waals surface area contributed by atoms with Crippen molar-refractivity contribution in [1.29, 1.82) is 0 Å². The first-order chi connectivity index (χ1) is 17.3. The minimum atomic E-state index is -1.74. The molecule has 0 bridgehead atoms. The molecule has 3 aromatic heterocycles. The summed E-state index contributed by atoms with van der Waals surface area (Å²) in [5.74, 6) is -0.141. The molecule has 0 amide bonds. The van der Waals surface area contributed by atoms with Gasteiger partial charge in [-0.25, -0.2) is 19.7 Å². The highest BCUT2D eigenvalue weighted by atomic mass is 32.1. The average molecular weight is 548 g/mol. The zero-order valence-electron chi connectivity index (χ0n) is 22.5. The molecule has 37 heavy (non-hydrogen) atoms. The predicted octanol–water partition coefficient (Wildman–Crippen LogP) is 6.53. The largest absolute Gasteiger partial charge is 0.459 e. The van der Waals surface area contributed by atoms with Crippen LogP contribution in [0.3, 0.4) is 0 Å². The molecule has 0 N–H and O–H groups in total. The highest BCUT2D eigenvalue weighted by Gasteiger charge is 2.31. The number of carbonyl (C=O) groups excluding carboxylic acids is 1. The van der Waals surface area contributed by atoms with Crippen molar-refractivity contribution in [1.82, 2.24) is 19.9 Å². The molecule has 200 valence electrons.